The van der Waals surface area contributed by atoms with Crippen molar-refractivity contribution in [2.75, 3.05) is 29.1 Å². The number of amides is 3. The van der Waals surface area contributed by atoms with E-state index in [0.717, 1.165) is 33.3 Å². The number of ether oxygens (including phenoxy) is 1. The van der Waals surface area contributed by atoms with Crippen LogP contribution in [0.2, 0.25) is 0 Å². The van der Waals surface area contributed by atoms with E-state index in [1.165, 1.54) is 52.9 Å². The van der Waals surface area contributed by atoms with Gasteiger partial charge in [0.1, 0.15) is 11.1 Å². The van der Waals surface area contributed by atoms with Gasteiger partial charge in [-0.25, -0.2) is 9.69 Å². The molecule has 3 aromatic carbocycles. The fourth-order valence-electron chi connectivity index (χ4n) is 5.48. The molecule has 3 amide bonds. The van der Waals surface area contributed by atoms with Gasteiger partial charge in [-0.15, -0.1) is 23.1 Å². The number of anilines is 3. The molecule has 0 saturated carbocycles. The Balaban J connectivity index is 1.03. The van der Waals surface area contributed by atoms with E-state index in [2.05, 4.69) is 28.4 Å². The van der Waals surface area contributed by atoms with Crippen LogP contribution in [0.1, 0.15) is 38.3 Å². The number of nitrogens with zero attached hydrogens (tertiary/aromatic N) is 3. The Kier molecular flexibility index (Phi) is 9.16. The van der Waals surface area contributed by atoms with Crippen molar-refractivity contribution in [3.8, 4) is 6.07 Å². The van der Waals surface area contributed by atoms with Gasteiger partial charge in [0.15, 0.2) is 6.61 Å². The fraction of sp³-hybridized carbons (Fsp3) is 0.206. The summed E-state index contributed by atoms with van der Waals surface area (Å²) in [5.74, 6) is -1.98. The van der Waals surface area contributed by atoms with Gasteiger partial charge in [0.05, 0.1) is 22.1 Å². The number of imide groups is 1. The van der Waals surface area contributed by atoms with Gasteiger partial charge in [0.2, 0.25) is 11.8 Å². The van der Waals surface area contributed by atoms with Crippen LogP contribution in [-0.2, 0) is 38.6 Å². The van der Waals surface area contributed by atoms with Crippen molar-refractivity contribution in [2.24, 2.45) is 0 Å². The molecule has 3 heterocycles. The summed E-state index contributed by atoms with van der Waals surface area (Å²) in [5, 5.41) is 12.4. The molecular weight excluding hydrogens is 623 g/mol. The van der Waals surface area contributed by atoms with E-state index in [0.29, 0.717) is 34.9 Å². The highest BCUT2D eigenvalue weighted by Gasteiger charge is 2.40. The second-order valence-electron chi connectivity index (χ2n) is 10.9. The van der Waals surface area contributed by atoms with Crippen LogP contribution < -0.4 is 16.0 Å². The Morgan fingerprint density at radius 1 is 1.07 bits per heavy atom. The Labute approximate surface area is 273 Å². The van der Waals surface area contributed by atoms with Crippen LogP contribution in [0.3, 0.4) is 0 Å². The van der Waals surface area contributed by atoms with Crippen LogP contribution >= 0.6 is 23.1 Å². The average Bonchev–Trinajstić information content (AvgIpc) is 3.54. The van der Waals surface area contributed by atoms with E-state index >= 15 is 0 Å². The third-order valence-corrected chi connectivity index (χ3v) is 10.00. The minimum absolute atomic E-state index is 0.0455. The molecule has 0 aliphatic carbocycles. The van der Waals surface area contributed by atoms with Gasteiger partial charge in [0.25, 0.3) is 5.91 Å². The number of nitriles is 1. The number of hydrogen-bond donors (Lipinski definition) is 2. The Morgan fingerprint density at radius 3 is 2.59 bits per heavy atom. The predicted octanol–water partition coefficient (Wildman–Crippen LogP) is 4.98. The zero-order valence-corrected chi connectivity index (χ0v) is 26.2. The molecule has 6 rings (SSSR count). The van der Waals surface area contributed by atoms with Crippen LogP contribution in [-0.4, -0.2) is 47.0 Å². The summed E-state index contributed by atoms with van der Waals surface area (Å²) in [7, 11) is 0. The van der Waals surface area contributed by atoms with Gasteiger partial charge in [-0.2, -0.15) is 5.26 Å². The van der Waals surface area contributed by atoms with E-state index in [1.807, 2.05) is 24.3 Å². The van der Waals surface area contributed by atoms with Crippen molar-refractivity contribution in [1.29, 1.82) is 5.26 Å². The second kappa shape index (κ2) is 13.6. The van der Waals surface area contributed by atoms with Crippen molar-refractivity contribution in [3.63, 3.8) is 0 Å². The first-order chi connectivity index (χ1) is 22.3. The van der Waals surface area contributed by atoms with E-state index in [-0.39, 0.29) is 23.8 Å². The van der Waals surface area contributed by atoms with Crippen LogP contribution in [0.25, 0.3) is 0 Å². The summed E-state index contributed by atoms with van der Waals surface area (Å²) in [4.78, 5) is 56.4. The summed E-state index contributed by atoms with van der Waals surface area (Å²) in [6, 6.07) is 25.4. The first-order valence-corrected chi connectivity index (χ1v) is 16.3. The molecule has 1 saturated heterocycles. The topological polar surface area (TPSA) is 146 Å². The standard InChI is InChI=1S/C34H29N5O5S2/c35-17-27-26-13-14-38(18-21-5-2-1-3-6-21)19-29(26)46-32(27)37-30(40)20-44-34(43)22-9-11-24(12-10-22)39-31(41)16-28(33(39)42)45-25-8-4-7-23(36)15-25/h1-12,15,28H,13-14,16,18-20,36H2,(H,37,40). The van der Waals surface area contributed by atoms with Gasteiger partial charge >= 0.3 is 5.97 Å². The number of hydrogen-bond acceptors (Lipinski definition) is 10. The predicted molar refractivity (Wildman–Crippen MR) is 176 cm³/mol. The third kappa shape index (κ3) is 6.82. The number of esters is 1. The Bertz CT molecular complexity index is 1850. The van der Waals surface area contributed by atoms with Crippen molar-refractivity contribution in [3.05, 3.63) is 106 Å². The molecule has 1 fully saturated rings. The molecule has 0 bridgehead atoms. The summed E-state index contributed by atoms with van der Waals surface area (Å²) in [6.07, 6.45) is 0.753. The molecule has 1 atom stereocenters. The monoisotopic (exact) mass is 651 g/mol. The number of nitrogens with two attached hydrogens (primary N) is 1. The lowest BCUT2D eigenvalue weighted by Gasteiger charge is -2.26. The summed E-state index contributed by atoms with van der Waals surface area (Å²) < 4.78 is 5.22. The number of carbonyl (C=O) groups excluding carboxylic acids is 4. The zero-order chi connectivity index (χ0) is 32.2. The van der Waals surface area contributed by atoms with Gasteiger partial charge in [-0.1, -0.05) is 36.4 Å². The lowest BCUT2D eigenvalue weighted by atomic mass is 10.0. The SMILES string of the molecule is N#Cc1c(NC(=O)COC(=O)c2ccc(N3C(=O)CC(Sc4cccc(N)c4)C3=O)cc2)sc2c1CCN(Cc1ccccc1)C2. The molecule has 0 spiro atoms. The zero-order valence-electron chi connectivity index (χ0n) is 24.6. The lowest BCUT2D eigenvalue weighted by molar-refractivity contribution is -0.121. The Morgan fingerprint density at radius 2 is 1.85 bits per heavy atom. The minimum Gasteiger partial charge on any atom is -0.452 e. The van der Waals surface area contributed by atoms with Gasteiger partial charge in [-0.3, -0.25) is 19.3 Å². The van der Waals surface area contributed by atoms with Crippen molar-refractivity contribution in [2.45, 2.75) is 36.1 Å². The highest BCUT2D eigenvalue weighted by Crippen LogP contribution is 2.37. The number of fused-ring (bicyclic) bond motifs is 1. The first kappa shape index (κ1) is 31.0. The lowest BCUT2D eigenvalue weighted by Crippen LogP contribution is -2.31. The quantitative estimate of drug-likeness (QED) is 0.145. The molecule has 46 heavy (non-hydrogen) atoms. The normalized spacial score (nSPS) is 16.2. The number of benzene rings is 3. The average molecular weight is 652 g/mol. The maximum atomic E-state index is 13.0. The fourth-order valence-corrected chi connectivity index (χ4v) is 7.86. The highest BCUT2D eigenvalue weighted by molar-refractivity contribution is 8.00. The van der Waals surface area contributed by atoms with Crippen molar-refractivity contribution in [1.82, 2.24) is 4.90 Å². The van der Waals surface area contributed by atoms with Gasteiger partial charge in [0, 0.05) is 41.5 Å². The van der Waals surface area contributed by atoms with Crippen LogP contribution in [0.15, 0.2) is 83.8 Å². The van der Waals surface area contributed by atoms with E-state index in [1.54, 1.807) is 18.2 Å². The molecule has 10 nitrogen and oxygen atoms in total. The largest absolute Gasteiger partial charge is 0.452 e. The van der Waals surface area contributed by atoms with E-state index in [9.17, 15) is 24.4 Å². The van der Waals surface area contributed by atoms with Crippen LogP contribution in [0, 0.1) is 11.3 Å². The molecule has 1 aromatic heterocycles. The van der Waals surface area contributed by atoms with Gasteiger partial charge in [-0.05, 0) is 60.0 Å². The summed E-state index contributed by atoms with van der Waals surface area (Å²) in [6.45, 7) is 1.74. The molecule has 2 aliphatic rings. The number of rotatable bonds is 9. The van der Waals surface area contributed by atoms with E-state index < -0.39 is 23.7 Å². The molecule has 232 valence electrons. The van der Waals surface area contributed by atoms with Crippen molar-refractivity contribution < 1.29 is 23.9 Å². The molecule has 1 unspecified atom stereocenters. The van der Waals surface area contributed by atoms with Crippen LogP contribution in [0.5, 0.6) is 0 Å². The highest BCUT2D eigenvalue weighted by atomic mass is 32.2. The molecule has 4 aromatic rings. The molecule has 12 heteroatoms. The van der Waals surface area contributed by atoms with E-state index in [4.69, 9.17) is 10.5 Å². The molecule has 0 radical (unpaired) electrons. The number of nitrogen functional groups attached to an aromatic ring is 1. The molecular formula is C34H29N5O5S2. The first-order valence-electron chi connectivity index (χ1n) is 14.6. The summed E-state index contributed by atoms with van der Waals surface area (Å²) in [5.41, 5.74) is 9.52. The second-order valence-corrected chi connectivity index (χ2v) is 13.3. The maximum Gasteiger partial charge on any atom is 0.338 e. The number of thiophene rings is 1. The maximum absolute atomic E-state index is 13.0. The third-order valence-electron chi connectivity index (χ3n) is 7.69. The number of carbonyl (C=O) groups is 4. The minimum atomic E-state index is -0.738. The number of nitrogens with one attached hydrogen (secondary N) is 1. The summed E-state index contributed by atoms with van der Waals surface area (Å²) >= 11 is 2.65. The smallest absolute Gasteiger partial charge is 0.338 e. The van der Waals surface area contributed by atoms with Gasteiger partial charge < -0.3 is 15.8 Å². The molecule has 3 N–H and O–H groups in total. The Hall–Kier alpha value is -4.96. The van der Waals surface area contributed by atoms with Crippen molar-refractivity contribution >= 4 is 63.2 Å². The number of thioether (sulfide) groups is 1. The van der Waals surface area contributed by atoms with Crippen LogP contribution in [0.4, 0.5) is 16.4 Å². The molecule has 2 aliphatic heterocycles.